The number of carbonyl (C=O) groups excluding carboxylic acids is 1. The number of carbonyl (C=O) groups is 1. The number of hydrogen-bond donors (Lipinski definition) is 1. The molecule has 0 radical (unpaired) electrons. The Balaban J connectivity index is 1.72. The molecule has 0 aromatic heterocycles. The second-order valence-electron chi connectivity index (χ2n) is 7.25. The lowest BCUT2D eigenvalue weighted by Gasteiger charge is -2.30. The first kappa shape index (κ1) is 20.8. The van der Waals surface area contributed by atoms with Crippen molar-refractivity contribution < 1.29 is 14.3 Å². The molecule has 6 heteroatoms. The van der Waals surface area contributed by atoms with Gasteiger partial charge in [0.15, 0.2) is 11.5 Å². The average molecular weight is 398 g/mol. The Kier molecular flexibility index (Phi) is 6.52. The molecule has 2 aromatic carbocycles. The first-order chi connectivity index (χ1) is 14.0. The van der Waals surface area contributed by atoms with Gasteiger partial charge in [-0.1, -0.05) is 0 Å². The summed E-state index contributed by atoms with van der Waals surface area (Å²) in [5, 5.41) is 3.08. The molecular formula is C23H31N3O3. The van der Waals surface area contributed by atoms with Gasteiger partial charge in [0.2, 0.25) is 0 Å². The van der Waals surface area contributed by atoms with Crippen LogP contribution in [0.4, 0.5) is 16.2 Å². The molecule has 0 saturated carbocycles. The number of aryl methyl sites for hydroxylation is 1. The van der Waals surface area contributed by atoms with E-state index in [2.05, 4.69) is 36.2 Å². The van der Waals surface area contributed by atoms with Gasteiger partial charge in [-0.2, -0.15) is 0 Å². The molecule has 2 amide bonds. The Labute approximate surface area is 173 Å². The summed E-state index contributed by atoms with van der Waals surface area (Å²) in [6, 6.07) is 10.1. The Morgan fingerprint density at radius 1 is 1.07 bits per heavy atom. The monoisotopic (exact) mass is 397 g/mol. The van der Waals surface area contributed by atoms with Gasteiger partial charge >= 0.3 is 6.03 Å². The summed E-state index contributed by atoms with van der Waals surface area (Å²) in [6.45, 7) is 9.47. The molecule has 0 spiro atoms. The topological polar surface area (TPSA) is 54.0 Å². The van der Waals surface area contributed by atoms with Gasteiger partial charge < -0.3 is 24.6 Å². The maximum atomic E-state index is 12.9. The minimum Gasteiger partial charge on any atom is -0.493 e. The Morgan fingerprint density at radius 2 is 1.72 bits per heavy atom. The molecule has 0 aliphatic carbocycles. The van der Waals surface area contributed by atoms with Crippen molar-refractivity contribution in [2.24, 2.45) is 0 Å². The number of amides is 2. The SMILES string of the molecule is CCN(CC)c1ccc(NC(=O)N2CCc3cc(OC)c(OC)cc3C2)c(C)c1. The van der Waals surface area contributed by atoms with Gasteiger partial charge in [0.25, 0.3) is 0 Å². The standard InChI is InChI=1S/C23H31N3O3/c1-6-25(7-2)19-8-9-20(16(3)12-19)24-23(27)26-11-10-17-13-21(28-4)22(29-5)14-18(17)15-26/h8-9,12-14H,6-7,10-11,15H2,1-5H3,(H,24,27). The Bertz CT molecular complexity index is 878. The summed E-state index contributed by atoms with van der Waals surface area (Å²) in [4.78, 5) is 17.0. The minimum absolute atomic E-state index is 0.0795. The number of urea groups is 1. The van der Waals surface area contributed by atoms with Gasteiger partial charge in [-0.25, -0.2) is 4.79 Å². The van der Waals surface area contributed by atoms with Crippen LogP contribution >= 0.6 is 0 Å². The Hall–Kier alpha value is -2.89. The van der Waals surface area contributed by atoms with Crippen LogP contribution in [0.25, 0.3) is 0 Å². The van der Waals surface area contributed by atoms with Crippen molar-refractivity contribution in [2.75, 3.05) is 44.1 Å². The first-order valence-corrected chi connectivity index (χ1v) is 10.2. The lowest BCUT2D eigenvalue weighted by atomic mass is 9.99. The molecule has 0 bridgehead atoms. The van der Waals surface area contributed by atoms with Crippen molar-refractivity contribution in [1.29, 1.82) is 0 Å². The summed E-state index contributed by atoms with van der Waals surface area (Å²) in [5.41, 5.74) is 5.39. The number of nitrogens with one attached hydrogen (secondary N) is 1. The van der Waals surface area contributed by atoms with E-state index >= 15 is 0 Å². The molecule has 1 N–H and O–H groups in total. The number of methoxy groups -OCH3 is 2. The van der Waals surface area contributed by atoms with Gasteiger partial charge in [0.1, 0.15) is 0 Å². The maximum Gasteiger partial charge on any atom is 0.322 e. The molecule has 0 saturated heterocycles. The first-order valence-electron chi connectivity index (χ1n) is 10.2. The highest BCUT2D eigenvalue weighted by Crippen LogP contribution is 2.33. The third-order valence-electron chi connectivity index (χ3n) is 5.59. The molecule has 1 aliphatic heterocycles. The van der Waals surface area contributed by atoms with Gasteiger partial charge in [0.05, 0.1) is 14.2 Å². The maximum absolute atomic E-state index is 12.9. The number of ether oxygens (including phenoxy) is 2. The fraction of sp³-hybridized carbons (Fsp3) is 0.435. The zero-order valence-electron chi connectivity index (χ0n) is 18.0. The quantitative estimate of drug-likeness (QED) is 0.783. The van der Waals surface area contributed by atoms with Crippen LogP contribution < -0.4 is 19.7 Å². The van der Waals surface area contributed by atoms with Crippen LogP contribution in [-0.4, -0.2) is 44.8 Å². The molecule has 6 nitrogen and oxygen atoms in total. The van der Waals surface area contributed by atoms with E-state index in [4.69, 9.17) is 9.47 Å². The number of anilines is 2. The van der Waals surface area contributed by atoms with Crippen molar-refractivity contribution in [1.82, 2.24) is 4.90 Å². The lowest BCUT2D eigenvalue weighted by Crippen LogP contribution is -2.39. The van der Waals surface area contributed by atoms with E-state index in [1.54, 1.807) is 14.2 Å². The largest absolute Gasteiger partial charge is 0.493 e. The third kappa shape index (κ3) is 4.42. The molecule has 1 aliphatic rings. The fourth-order valence-electron chi connectivity index (χ4n) is 3.82. The van der Waals surface area contributed by atoms with E-state index in [0.717, 1.165) is 42.1 Å². The zero-order chi connectivity index (χ0) is 21.0. The van der Waals surface area contributed by atoms with Crippen LogP contribution in [0.3, 0.4) is 0 Å². The molecule has 156 valence electrons. The van der Waals surface area contributed by atoms with E-state index in [9.17, 15) is 4.79 Å². The van der Waals surface area contributed by atoms with E-state index in [1.165, 1.54) is 11.3 Å². The average Bonchev–Trinajstić information content (AvgIpc) is 2.74. The molecule has 0 atom stereocenters. The summed E-state index contributed by atoms with van der Waals surface area (Å²) < 4.78 is 10.8. The van der Waals surface area contributed by atoms with Crippen molar-refractivity contribution in [2.45, 2.75) is 33.7 Å². The van der Waals surface area contributed by atoms with E-state index in [-0.39, 0.29) is 6.03 Å². The smallest absolute Gasteiger partial charge is 0.322 e. The third-order valence-corrected chi connectivity index (χ3v) is 5.59. The zero-order valence-corrected chi connectivity index (χ0v) is 18.0. The highest BCUT2D eigenvalue weighted by Gasteiger charge is 2.23. The van der Waals surface area contributed by atoms with E-state index in [1.807, 2.05) is 30.0 Å². The van der Waals surface area contributed by atoms with E-state index < -0.39 is 0 Å². The second-order valence-corrected chi connectivity index (χ2v) is 7.25. The summed E-state index contributed by atoms with van der Waals surface area (Å²) in [5.74, 6) is 1.42. The molecule has 1 heterocycles. The van der Waals surface area contributed by atoms with Crippen LogP contribution in [0.15, 0.2) is 30.3 Å². The molecule has 3 rings (SSSR count). The molecule has 0 fully saturated rings. The Morgan fingerprint density at radius 3 is 2.31 bits per heavy atom. The second kappa shape index (κ2) is 9.07. The molecular weight excluding hydrogens is 366 g/mol. The number of benzene rings is 2. The van der Waals surface area contributed by atoms with E-state index in [0.29, 0.717) is 18.8 Å². The highest BCUT2D eigenvalue weighted by molar-refractivity contribution is 5.90. The van der Waals surface area contributed by atoms with Crippen LogP contribution in [0.5, 0.6) is 11.5 Å². The normalized spacial score (nSPS) is 12.9. The van der Waals surface area contributed by atoms with Crippen LogP contribution in [0, 0.1) is 6.92 Å². The number of nitrogens with zero attached hydrogens (tertiary/aromatic N) is 2. The fourth-order valence-corrected chi connectivity index (χ4v) is 3.82. The van der Waals surface area contributed by atoms with Crippen LogP contribution in [-0.2, 0) is 13.0 Å². The number of rotatable bonds is 6. The molecule has 0 unspecified atom stereocenters. The summed E-state index contributed by atoms with van der Waals surface area (Å²) >= 11 is 0. The van der Waals surface area contributed by atoms with Gasteiger partial charge in [0, 0.05) is 37.6 Å². The predicted molar refractivity (Wildman–Crippen MR) is 117 cm³/mol. The molecule has 29 heavy (non-hydrogen) atoms. The van der Waals surface area contributed by atoms with Gasteiger partial charge in [-0.05, 0) is 74.2 Å². The highest BCUT2D eigenvalue weighted by atomic mass is 16.5. The number of fused-ring (bicyclic) bond motifs is 1. The summed E-state index contributed by atoms with van der Waals surface area (Å²) in [6.07, 6.45) is 0.795. The van der Waals surface area contributed by atoms with Crippen LogP contribution in [0.2, 0.25) is 0 Å². The van der Waals surface area contributed by atoms with Gasteiger partial charge in [-0.3, -0.25) is 0 Å². The van der Waals surface area contributed by atoms with Crippen LogP contribution in [0.1, 0.15) is 30.5 Å². The lowest BCUT2D eigenvalue weighted by molar-refractivity contribution is 0.206. The number of hydrogen-bond acceptors (Lipinski definition) is 4. The summed E-state index contributed by atoms with van der Waals surface area (Å²) in [7, 11) is 3.27. The van der Waals surface area contributed by atoms with Crippen molar-refractivity contribution in [3.8, 4) is 11.5 Å². The molecule has 2 aromatic rings. The minimum atomic E-state index is -0.0795. The van der Waals surface area contributed by atoms with Crippen molar-refractivity contribution in [3.63, 3.8) is 0 Å². The van der Waals surface area contributed by atoms with Gasteiger partial charge in [-0.15, -0.1) is 0 Å². The predicted octanol–water partition coefficient (Wildman–Crippen LogP) is 4.45. The van der Waals surface area contributed by atoms with Crippen molar-refractivity contribution >= 4 is 17.4 Å². The van der Waals surface area contributed by atoms with Crippen molar-refractivity contribution in [3.05, 3.63) is 47.0 Å².